The first-order valence-corrected chi connectivity index (χ1v) is 7.76. The molecule has 2 aromatic heterocycles. The van der Waals surface area contributed by atoms with Crippen LogP contribution in [0.4, 0.5) is 11.5 Å². The van der Waals surface area contributed by atoms with Crippen molar-refractivity contribution < 1.29 is 4.79 Å². The van der Waals surface area contributed by atoms with E-state index in [0.29, 0.717) is 6.54 Å². The lowest BCUT2D eigenvalue weighted by atomic mass is 10.0. The topological polar surface area (TPSA) is 65.1 Å². The van der Waals surface area contributed by atoms with Gasteiger partial charge in [0.25, 0.3) is 0 Å². The minimum absolute atomic E-state index is 0.124. The van der Waals surface area contributed by atoms with Gasteiger partial charge in [0.05, 0.1) is 18.4 Å². The number of H-pyrrole nitrogens is 1. The van der Waals surface area contributed by atoms with Gasteiger partial charge in [-0.15, -0.1) is 0 Å². The molecule has 1 amide bonds. The molecule has 2 aromatic rings. The van der Waals surface area contributed by atoms with Crippen molar-refractivity contribution in [1.29, 1.82) is 0 Å². The van der Waals surface area contributed by atoms with E-state index in [9.17, 15) is 4.79 Å². The number of anilines is 2. The summed E-state index contributed by atoms with van der Waals surface area (Å²) >= 11 is 0. The number of hydrogen-bond donors (Lipinski definition) is 1. The fraction of sp³-hybridized carbons (Fsp3) is 0.438. The van der Waals surface area contributed by atoms with Crippen LogP contribution in [0, 0.1) is 0 Å². The Morgan fingerprint density at radius 1 is 1.32 bits per heavy atom. The third kappa shape index (κ3) is 2.06. The number of aryl methyl sites for hydroxylation is 1. The van der Waals surface area contributed by atoms with E-state index in [1.165, 1.54) is 5.56 Å². The Morgan fingerprint density at radius 2 is 2.23 bits per heavy atom. The molecule has 22 heavy (non-hydrogen) atoms. The number of carbonyl (C=O) groups excluding carboxylic acids is 1. The quantitative estimate of drug-likeness (QED) is 0.871. The molecule has 4 rings (SSSR count). The van der Waals surface area contributed by atoms with Crippen LogP contribution in [0.1, 0.15) is 30.2 Å². The maximum atomic E-state index is 11.7. The molecule has 0 aromatic carbocycles. The number of amides is 1. The summed E-state index contributed by atoms with van der Waals surface area (Å²) in [6.07, 6.45) is 6.80. The minimum atomic E-state index is 0.124. The van der Waals surface area contributed by atoms with E-state index >= 15 is 0 Å². The van der Waals surface area contributed by atoms with Gasteiger partial charge in [-0.25, -0.2) is 0 Å². The minimum Gasteiger partial charge on any atom is -0.338 e. The van der Waals surface area contributed by atoms with Crippen LogP contribution < -0.4 is 4.90 Å². The zero-order valence-corrected chi connectivity index (χ0v) is 12.7. The Morgan fingerprint density at radius 3 is 3.09 bits per heavy atom. The molecule has 0 spiro atoms. The van der Waals surface area contributed by atoms with Gasteiger partial charge in [-0.05, 0) is 24.5 Å². The molecule has 0 fully saturated rings. The third-order valence-corrected chi connectivity index (χ3v) is 4.62. The molecule has 0 saturated carbocycles. The second kappa shape index (κ2) is 5.12. The summed E-state index contributed by atoms with van der Waals surface area (Å²) in [6.45, 7) is 3.98. The van der Waals surface area contributed by atoms with Gasteiger partial charge >= 0.3 is 0 Å². The van der Waals surface area contributed by atoms with E-state index < -0.39 is 0 Å². The Balaban J connectivity index is 1.74. The molecule has 0 atom stereocenters. The van der Waals surface area contributed by atoms with Crippen LogP contribution in [-0.2, 0) is 24.2 Å². The molecule has 0 saturated heterocycles. The predicted octanol–water partition coefficient (Wildman–Crippen LogP) is 1.79. The van der Waals surface area contributed by atoms with Crippen LogP contribution in [0.15, 0.2) is 18.5 Å². The van der Waals surface area contributed by atoms with E-state index in [4.69, 9.17) is 0 Å². The highest BCUT2D eigenvalue weighted by atomic mass is 16.2. The second-order valence-corrected chi connectivity index (χ2v) is 5.95. The highest BCUT2D eigenvalue weighted by molar-refractivity contribution is 5.74. The Kier molecular flexibility index (Phi) is 3.10. The number of fused-ring (bicyclic) bond motifs is 2. The summed E-state index contributed by atoms with van der Waals surface area (Å²) in [5.41, 5.74) is 4.77. The largest absolute Gasteiger partial charge is 0.338 e. The number of rotatable bonds is 1. The van der Waals surface area contributed by atoms with Crippen molar-refractivity contribution >= 4 is 17.4 Å². The zero-order valence-electron chi connectivity index (χ0n) is 12.7. The normalized spacial score (nSPS) is 17.1. The number of pyridine rings is 1. The SMILES string of the molecule is CC(=O)N1CCc2[nH]nc(N3CCCc4ccncc43)c2C1. The molecule has 6 heteroatoms. The van der Waals surface area contributed by atoms with Crippen LogP contribution in [0.25, 0.3) is 0 Å². The summed E-state index contributed by atoms with van der Waals surface area (Å²) in [5.74, 6) is 1.08. The number of carbonyl (C=O) groups is 1. The number of aromatic nitrogens is 3. The van der Waals surface area contributed by atoms with E-state index in [1.807, 2.05) is 17.3 Å². The molecule has 6 nitrogen and oxygen atoms in total. The standard InChI is InChI=1S/C16H19N5O/c1-11(22)20-8-5-14-13(10-20)16(19-18-14)21-7-2-3-12-4-6-17-9-15(12)21/h4,6,9H,2-3,5,7-8,10H2,1H3,(H,18,19). The van der Waals surface area contributed by atoms with Crippen LogP contribution in [-0.4, -0.2) is 39.1 Å². The zero-order chi connectivity index (χ0) is 15.1. The second-order valence-electron chi connectivity index (χ2n) is 5.95. The molecule has 1 N–H and O–H groups in total. The Bertz CT molecular complexity index is 723. The van der Waals surface area contributed by atoms with Gasteiger partial charge in [-0.3, -0.25) is 14.9 Å². The van der Waals surface area contributed by atoms with E-state index in [-0.39, 0.29) is 5.91 Å². The van der Waals surface area contributed by atoms with Crippen molar-refractivity contribution in [2.24, 2.45) is 0 Å². The first-order chi connectivity index (χ1) is 10.7. The summed E-state index contributed by atoms with van der Waals surface area (Å²) in [6, 6.07) is 2.09. The maximum Gasteiger partial charge on any atom is 0.219 e. The summed E-state index contributed by atoms with van der Waals surface area (Å²) in [7, 11) is 0. The van der Waals surface area contributed by atoms with Gasteiger partial charge in [-0.1, -0.05) is 0 Å². The van der Waals surface area contributed by atoms with E-state index in [1.54, 1.807) is 6.92 Å². The fourth-order valence-electron chi connectivity index (χ4n) is 3.41. The number of nitrogens with zero attached hydrogens (tertiary/aromatic N) is 4. The van der Waals surface area contributed by atoms with Crippen LogP contribution in [0.3, 0.4) is 0 Å². The lowest BCUT2D eigenvalue weighted by Gasteiger charge is -2.32. The van der Waals surface area contributed by atoms with Gasteiger partial charge in [0.2, 0.25) is 5.91 Å². The molecule has 2 aliphatic rings. The highest BCUT2D eigenvalue weighted by Gasteiger charge is 2.28. The lowest BCUT2D eigenvalue weighted by Crippen LogP contribution is -2.35. The molecule has 0 bridgehead atoms. The fourth-order valence-corrected chi connectivity index (χ4v) is 3.41. The molecule has 2 aliphatic heterocycles. The van der Waals surface area contributed by atoms with E-state index in [0.717, 1.165) is 55.1 Å². The van der Waals surface area contributed by atoms with Crippen LogP contribution >= 0.6 is 0 Å². The Hall–Kier alpha value is -2.37. The first-order valence-electron chi connectivity index (χ1n) is 7.76. The highest BCUT2D eigenvalue weighted by Crippen LogP contribution is 2.35. The van der Waals surface area contributed by atoms with Gasteiger partial charge in [-0.2, -0.15) is 5.10 Å². The third-order valence-electron chi connectivity index (χ3n) is 4.62. The smallest absolute Gasteiger partial charge is 0.219 e. The van der Waals surface area contributed by atoms with Crippen molar-refractivity contribution in [2.75, 3.05) is 18.0 Å². The molecular weight excluding hydrogens is 278 g/mol. The van der Waals surface area contributed by atoms with Crippen LogP contribution in [0.5, 0.6) is 0 Å². The first kappa shape index (κ1) is 13.3. The van der Waals surface area contributed by atoms with Gasteiger partial charge < -0.3 is 9.80 Å². The predicted molar refractivity (Wildman–Crippen MR) is 82.9 cm³/mol. The summed E-state index contributed by atoms with van der Waals surface area (Å²) < 4.78 is 0. The van der Waals surface area contributed by atoms with Crippen molar-refractivity contribution in [3.8, 4) is 0 Å². The lowest BCUT2D eigenvalue weighted by molar-refractivity contribution is -0.129. The molecule has 0 radical (unpaired) electrons. The van der Waals surface area contributed by atoms with Gasteiger partial charge in [0.1, 0.15) is 0 Å². The Labute approximate surface area is 129 Å². The van der Waals surface area contributed by atoms with Crippen molar-refractivity contribution in [3.63, 3.8) is 0 Å². The summed E-state index contributed by atoms with van der Waals surface area (Å²) in [4.78, 5) is 20.1. The number of hydrogen-bond acceptors (Lipinski definition) is 4. The average molecular weight is 297 g/mol. The number of nitrogens with one attached hydrogen (secondary N) is 1. The average Bonchev–Trinajstić information content (AvgIpc) is 2.97. The molecule has 0 unspecified atom stereocenters. The van der Waals surface area contributed by atoms with Gasteiger partial charge in [0.15, 0.2) is 5.82 Å². The van der Waals surface area contributed by atoms with Crippen LogP contribution in [0.2, 0.25) is 0 Å². The molecule has 114 valence electrons. The number of aromatic amines is 1. The van der Waals surface area contributed by atoms with E-state index in [2.05, 4.69) is 26.1 Å². The molecular formula is C16H19N5O. The summed E-state index contributed by atoms with van der Waals surface area (Å²) in [5, 5.41) is 7.71. The van der Waals surface area contributed by atoms with Crippen molar-refractivity contribution in [2.45, 2.75) is 32.7 Å². The molecule has 4 heterocycles. The van der Waals surface area contributed by atoms with Crippen molar-refractivity contribution in [3.05, 3.63) is 35.3 Å². The monoisotopic (exact) mass is 297 g/mol. The molecule has 0 aliphatic carbocycles. The maximum absolute atomic E-state index is 11.7. The van der Waals surface area contributed by atoms with Crippen molar-refractivity contribution in [1.82, 2.24) is 20.1 Å². The van der Waals surface area contributed by atoms with Gasteiger partial charge in [0, 0.05) is 43.9 Å².